The molecule has 8 nitrogen and oxygen atoms in total. The van der Waals surface area contributed by atoms with Crippen molar-refractivity contribution >= 4 is 11.8 Å². The minimum atomic E-state index is -0.0574. The summed E-state index contributed by atoms with van der Waals surface area (Å²) in [5.41, 5.74) is 0. The van der Waals surface area contributed by atoms with Gasteiger partial charge < -0.3 is 19.2 Å². The minimum absolute atomic E-state index is 0.0574. The molecule has 1 N–H and O–H groups in total. The summed E-state index contributed by atoms with van der Waals surface area (Å²) < 4.78 is 10.4. The van der Waals surface area contributed by atoms with E-state index in [0.717, 1.165) is 6.42 Å². The van der Waals surface area contributed by atoms with Crippen molar-refractivity contribution < 1.29 is 18.5 Å². The molecule has 1 atom stereocenters. The Morgan fingerprint density at radius 1 is 1.46 bits per heavy atom. The van der Waals surface area contributed by atoms with Crippen LogP contribution in [0.25, 0.3) is 11.6 Å². The van der Waals surface area contributed by atoms with E-state index < -0.39 is 0 Å². The molecule has 0 radical (unpaired) electrons. The number of nitrogens with zero attached hydrogens (tertiary/aromatic N) is 3. The second-order valence-electron chi connectivity index (χ2n) is 5.87. The number of furan rings is 1. The molecule has 0 aliphatic carbocycles. The Morgan fingerprint density at radius 2 is 2.33 bits per heavy atom. The van der Waals surface area contributed by atoms with E-state index in [1.807, 2.05) is 0 Å². The maximum atomic E-state index is 12.2. The molecule has 1 aliphatic rings. The molecule has 0 spiro atoms. The zero-order valence-electron chi connectivity index (χ0n) is 13.5. The number of hydrogen-bond acceptors (Lipinski definition) is 6. The molecule has 0 unspecified atom stereocenters. The molecule has 128 valence electrons. The average molecular weight is 332 g/mol. The SMILES string of the molecule is CC(=O)N[C@H]1CCN(C(=O)CCCc2nc(-c3ccco3)no2)C1. The van der Waals surface area contributed by atoms with Crippen LogP contribution < -0.4 is 5.32 Å². The van der Waals surface area contributed by atoms with Gasteiger partial charge in [0.05, 0.1) is 6.26 Å². The van der Waals surface area contributed by atoms with Crippen molar-refractivity contribution in [3.8, 4) is 11.6 Å². The second-order valence-corrected chi connectivity index (χ2v) is 5.87. The molecule has 2 aromatic rings. The van der Waals surface area contributed by atoms with Gasteiger partial charge in [-0.25, -0.2) is 0 Å². The van der Waals surface area contributed by atoms with Crippen molar-refractivity contribution in [3.05, 3.63) is 24.3 Å². The molecule has 1 fully saturated rings. The number of aromatic nitrogens is 2. The molecule has 0 bridgehead atoms. The molecule has 8 heteroatoms. The van der Waals surface area contributed by atoms with Gasteiger partial charge in [0.25, 0.3) is 0 Å². The zero-order chi connectivity index (χ0) is 16.9. The van der Waals surface area contributed by atoms with Crippen LogP contribution in [0, 0.1) is 0 Å². The number of nitrogens with one attached hydrogen (secondary N) is 1. The summed E-state index contributed by atoms with van der Waals surface area (Å²) >= 11 is 0. The second kappa shape index (κ2) is 7.29. The maximum absolute atomic E-state index is 12.2. The van der Waals surface area contributed by atoms with Crippen molar-refractivity contribution in [2.24, 2.45) is 0 Å². The van der Waals surface area contributed by atoms with E-state index in [1.54, 1.807) is 23.3 Å². The van der Waals surface area contributed by atoms with Gasteiger partial charge in [-0.15, -0.1) is 0 Å². The van der Waals surface area contributed by atoms with E-state index in [-0.39, 0.29) is 17.9 Å². The van der Waals surface area contributed by atoms with E-state index in [4.69, 9.17) is 8.94 Å². The van der Waals surface area contributed by atoms with Crippen LogP contribution in [0.5, 0.6) is 0 Å². The molecular formula is C16H20N4O4. The molecule has 24 heavy (non-hydrogen) atoms. The van der Waals surface area contributed by atoms with Crippen LogP contribution in [0.4, 0.5) is 0 Å². The standard InChI is InChI=1S/C16H20N4O4/c1-11(21)17-12-7-8-20(10-12)15(22)6-2-5-14-18-16(19-24-14)13-4-3-9-23-13/h3-4,9,12H,2,5-8,10H2,1H3,(H,17,21)/t12-/m0/s1. The van der Waals surface area contributed by atoms with Crippen LogP contribution in [0.3, 0.4) is 0 Å². The van der Waals surface area contributed by atoms with Crippen LogP contribution in [0.2, 0.25) is 0 Å². The smallest absolute Gasteiger partial charge is 0.238 e. The average Bonchev–Trinajstić information content (AvgIpc) is 3.27. The highest BCUT2D eigenvalue weighted by atomic mass is 16.5. The lowest BCUT2D eigenvalue weighted by molar-refractivity contribution is -0.130. The number of carbonyl (C=O) groups excluding carboxylic acids is 2. The summed E-state index contributed by atoms with van der Waals surface area (Å²) in [6, 6.07) is 3.59. The van der Waals surface area contributed by atoms with Gasteiger partial charge in [-0.1, -0.05) is 5.16 Å². The normalized spacial score (nSPS) is 17.2. The first-order valence-corrected chi connectivity index (χ1v) is 8.03. The first-order chi connectivity index (χ1) is 11.6. The molecule has 2 amide bonds. The van der Waals surface area contributed by atoms with Gasteiger partial charge in [0.15, 0.2) is 5.76 Å². The number of carbonyl (C=O) groups is 2. The third-order valence-corrected chi connectivity index (χ3v) is 3.94. The van der Waals surface area contributed by atoms with Crippen LogP contribution >= 0.6 is 0 Å². The Balaban J connectivity index is 1.42. The zero-order valence-corrected chi connectivity index (χ0v) is 13.5. The predicted octanol–water partition coefficient (Wildman–Crippen LogP) is 1.39. The molecule has 1 aliphatic heterocycles. The van der Waals surface area contributed by atoms with E-state index >= 15 is 0 Å². The Hall–Kier alpha value is -2.64. The van der Waals surface area contributed by atoms with Crippen LogP contribution in [0.15, 0.2) is 27.3 Å². The number of amides is 2. The summed E-state index contributed by atoms with van der Waals surface area (Å²) in [4.78, 5) is 29.3. The van der Waals surface area contributed by atoms with Gasteiger partial charge in [-0.3, -0.25) is 9.59 Å². The van der Waals surface area contributed by atoms with Gasteiger partial charge in [-0.05, 0) is 25.0 Å². The highest BCUT2D eigenvalue weighted by Crippen LogP contribution is 2.17. The van der Waals surface area contributed by atoms with Crippen LogP contribution in [-0.2, 0) is 16.0 Å². The lowest BCUT2D eigenvalue weighted by atomic mass is 10.2. The Labute approximate surface area is 139 Å². The Morgan fingerprint density at radius 3 is 3.08 bits per heavy atom. The van der Waals surface area contributed by atoms with Crippen molar-refractivity contribution in [1.82, 2.24) is 20.4 Å². The maximum Gasteiger partial charge on any atom is 0.238 e. The lowest BCUT2D eigenvalue weighted by Gasteiger charge is -2.16. The van der Waals surface area contributed by atoms with Crippen LogP contribution in [0.1, 0.15) is 32.1 Å². The van der Waals surface area contributed by atoms with Gasteiger partial charge >= 0.3 is 0 Å². The fourth-order valence-electron chi connectivity index (χ4n) is 2.80. The molecule has 2 aromatic heterocycles. The third-order valence-electron chi connectivity index (χ3n) is 3.94. The van der Waals surface area contributed by atoms with E-state index in [0.29, 0.717) is 49.8 Å². The van der Waals surface area contributed by atoms with Crippen molar-refractivity contribution in [3.63, 3.8) is 0 Å². The molecule has 0 aromatic carbocycles. The number of aryl methyl sites for hydroxylation is 1. The lowest BCUT2D eigenvalue weighted by Crippen LogP contribution is -2.37. The van der Waals surface area contributed by atoms with E-state index in [9.17, 15) is 9.59 Å². The first-order valence-electron chi connectivity index (χ1n) is 8.03. The summed E-state index contributed by atoms with van der Waals surface area (Å²) in [5, 5.41) is 6.71. The van der Waals surface area contributed by atoms with Crippen molar-refractivity contribution in [2.75, 3.05) is 13.1 Å². The highest BCUT2D eigenvalue weighted by molar-refractivity contribution is 5.77. The summed E-state index contributed by atoms with van der Waals surface area (Å²) in [5.74, 6) is 1.50. The summed E-state index contributed by atoms with van der Waals surface area (Å²) in [6.07, 6.45) is 3.96. The van der Waals surface area contributed by atoms with Gasteiger partial charge in [0.2, 0.25) is 23.5 Å². The van der Waals surface area contributed by atoms with E-state index in [1.165, 1.54) is 6.92 Å². The minimum Gasteiger partial charge on any atom is -0.461 e. The van der Waals surface area contributed by atoms with Crippen LogP contribution in [-0.4, -0.2) is 46.0 Å². The molecular weight excluding hydrogens is 312 g/mol. The molecule has 0 saturated carbocycles. The van der Waals surface area contributed by atoms with Gasteiger partial charge in [0.1, 0.15) is 0 Å². The van der Waals surface area contributed by atoms with Crippen molar-refractivity contribution in [2.45, 2.75) is 38.6 Å². The van der Waals surface area contributed by atoms with Gasteiger partial charge in [0, 0.05) is 38.9 Å². The molecule has 1 saturated heterocycles. The quantitative estimate of drug-likeness (QED) is 0.858. The highest BCUT2D eigenvalue weighted by Gasteiger charge is 2.26. The largest absolute Gasteiger partial charge is 0.461 e. The summed E-state index contributed by atoms with van der Waals surface area (Å²) in [7, 11) is 0. The number of hydrogen-bond donors (Lipinski definition) is 1. The van der Waals surface area contributed by atoms with E-state index in [2.05, 4.69) is 15.5 Å². The first kappa shape index (κ1) is 16.2. The Kier molecular flexibility index (Phi) is 4.93. The summed E-state index contributed by atoms with van der Waals surface area (Å²) in [6.45, 7) is 2.76. The molecule has 3 rings (SSSR count). The fraction of sp³-hybridized carbons (Fsp3) is 0.500. The topological polar surface area (TPSA) is 101 Å². The predicted molar refractivity (Wildman–Crippen MR) is 83.7 cm³/mol. The van der Waals surface area contributed by atoms with Gasteiger partial charge in [-0.2, -0.15) is 4.98 Å². The Bertz CT molecular complexity index is 695. The number of likely N-dealkylation sites (tertiary alicyclic amines) is 1. The third kappa shape index (κ3) is 4.01. The molecule has 3 heterocycles. The fourth-order valence-corrected chi connectivity index (χ4v) is 2.80. The van der Waals surface area contributed by atoms with Crippen molar-refractivity contribution in [1.29, 1.82) is 0 Å². The monoisotopic (exact) mass is 332 g/mol. The number of rotatable bonds is 6.